The van der Waals surface area contributed by atoms with E-state index in [0.717, 1.165) is 12.6 Å². The summed E-state index contributed by atoms with van der Waals surface area (Å²) in [5.41, 5.74) is 0. The van der Waals surface area contributed by atoms with Crippen molar-refractivity contribution in [3.63, 3.8) is 0 Å². The Labute approximate surface area is 86.5 Å². The highest BCUT2D eigenvalue weighted by Gasteiger charge is 2.09. The smallest absolute Gasteiger partial charge is 0.0404 e. The fourth-order valence-corrected chi connectivity index (χ4v) is 1.99. The minimum atomic E-state index is 0.631. The van der Waals surface area contributed by atoms with Crippen molar-refractivity contribution in [2.45, 2.75) is 44.6 Å². The van der Waals surface area contributed by atoms with Gasteiger partial charge in [0.25, 0.3) is 0 Å². The lowest BCUT2D eigenvalue weighted by atomic mass is 10.1. The van der Waals surface area contributed by atoms with Crippen molar-refractivity contribution in [3.05, 3.63) is 12.2 Å². The predicted molar refractivity (Wildman–Crippen MR) is 59.4 cm³/mol. The molecule has 1 nitrogen and oxygen atoms in total. The molecular formula is C11H20ClN. The van der Waals surface area contributed by atoms with E-state index in [1.165, 1.54) is 38.5 Å². The Kier molecular flexibility index (Phi) is 6.30. The van der Waals surface area contributed by atoms with E-state index in [2.05, 4.69) is 11.4 Å². The molecule has 0 aromatic carbocycles. The van der Waals surface area contributed by atoms with Crippen LogP contribution in [0.1, 0.15) is 38.5 Å². The van der Waals surface area contributed by atoms with Gasteiger partial charge >= 0.3 is 0 Å². The zero-order valence-corrected chi connectivity index (χ0v) is 9.02. The molecule has 0 aromatic rings. The molecule has 0 aliphatic heterocycles. The molecule has 1 N–H and O–H groups in total. The first kappa shape index (κ1) is 11.1. The number of alkyl halides is 1. The zero-order chi connectivity index (χ0) is 9.36. The third-order valence-corrected chi connectivity index (χ3v) is 2.81. The van der Waals surface area contributed by atoms with Crippen LogP contribution in [0.4, 0.5) is 0 Å². The van der Waals surface area contributed by atoms with Gasteiger partial charge in [0.1, 0.15) is 0 Å². The summed E-state index contributed by atoms with van der Waals surface area (Å²) in [7, 11) is 0. The van der Waals surface area contributed by atoms with E-state index in [9.17, 15) is 0 Å². The third kappa shape index (κ3) is 5.33. The molecule has 1 aliphatic carbocycles. The van der Waals surface area contributed by atoms with Crippen LogP contribution in [-0.4, -0.2) is 18.5 Å². The van der Waals surface area contributed by atoms with E-state index >= 15 is 0 Å². The summed E-state index contributed by atoms with van der Waals surface area (Å²) in [5, 5.41) is 3.55. The van der Waals surface area contributed by atoms with Gasteiger partial charge in [-0.05, 0) is 12.8 Å². The summed E-state index contributed by atoms with van der Waals surface area (Å²) in [6.45, 7) is 0.984. The molecule has 13 heavy (non-hydrogen) atoms. The van der Waals surface area contributed by atoms with Crippen LogP contribution in [-0.2, 0) is 0 Å². The lowest BCUT2D eigenvalue weighted by molar-refractivity contribution is 0.482. The normalized spacial score (nSPS) is 20.7. The van der Waals surface area contributed by atoms with Crippen molar-refractivity contribution in [2.24, 2.45) is 0 Å². The van der Waals surface area contributed by atoms with E-state index in [1.807, 2.05) is 6.08 Å². The Hall–Kier alpha value is -0.0100. The summed E-state index contributed by atoms with van der Waals surface area (Å²) in [5.74, 6) is 0.631. The molecule has 0 atom stereocenters. The van der Waals surface area contributed by atoms with Crippen molar-refractivity contribution in [1.29, 1.82) is 0 Å². The summed E-state index contributed by atoms with van der Waals surface area (Å²) in [6.07, 6.45) is 12.5. The van der Waals surface area contributed by atoms with E-state index in [0.29, 0.717) is 5.88 Å². The van der Waals surface area contributed by atoms with Gasteiger partial charge in [-0.1, -0.05) is 37.8 Å². The second-order valence-corrected chi connectivity index (χ2v) is 4.03. The highest BCUT2D eigenvalue weighted by atomic mass is 35.5. The number of halogens is 1. The molecule has 0 unspecified atom stereocenters. The second-order valence-electron chi connectivity index (χ2n) is 3.72. The van der Waals surface area contributed by atoms with E-state index < -0.39 is 0 Å². The summed E-state index contributed by atoms with van der Waals surface area (Å²) >= 11 is 5.53. The van der Waals surface area contributed by atoms with Gasteiger partial charge in [0.2, 0.25) is 0 Å². The topological polar surface area (TPSA) is 12.0 Å². The van der Waals surface area contributed by atoms with Gasteiger partial charge in [-0.15, -0.1) is 11.6 Å². The number of hydrogen-bond donors (Lipinski definition) is 1. The minimum absolute atomic E-state index is 0.631. The summed E-state index contributed by atoms with van der Waals surface area (Å²) in [6, 6.07) is 0.752. The second kappa shape index (κ2) is 7.40. The molecule has 0 radical (unpaired) electrons. The van der Waals surface area contributed by atoms with Crippen molar-refractivity contribution >= 4 is 11.6 Å². The van der Waals surface area contributed by atoms with Gasteiger partial charge in [-0.2, -0.15) is 0 Å². The van der Waals surface area contributed by atoms with Gasteiger partial charge < -0.3 is 5.32 Å². The fourth-order valence-electron chi connectivity index (χ4n) is 1.86. The van der Waals surface area contributed by atoms with Crippen molar-refractivity contribution in [1.82, 2.24) is 5.32 Å². The Morgan fingerprint density at radius 3 is 2.38 bits per heavy atom. The Morgan fingerprint density at radius 1 is 1.08 bits per heavy atom. The molecule has 0 heterocycles. The molecule has 0 aromatic heterocycles. The molecule has 0 bridgehead atoms. The van der Waals surface area contributed by atoms with Crippen LogP contribution in [0.25, 0.3) is 0 Å². The maximum absolute atomic E-state index is 5.53. The van der Waals surface area contributed by atoms with E-state index in [-0.39, 0.29) is 0 Å². The summed E-state index contributed by atoms with van der Waals surface area (Å²) in [4.78, 5) is 0. The van der Waals surface area contributed by atoms with E-state index in [4.69, 9.17) is 11.6 Å². The number of allylic oxidation sites excluding steroid dienone is 1. The van der Waals surface area contributed by atoms with Crippen LogP contribution in [0.5, 0.6) is 0 Å². The number of nitrogens with one attached hydrogen (secondary N) is 1. The first-order chi connectivity index (χ1) is 6.43. The van der Waals surface area contributed by atoms with Crippen LogP contribution in [0.15, 0.2) is 12.2 Å². The van der Waals surface area contributed by atoms with Gasteiger partial charge in [-0.25, -0.2) is 0 Å². The average Bonchev–Trinajstić information content (AvgIpc) is 2.41. The van der Waals surface area contributed by atoms with Gasteiger partial charge in [0, 0.05) is 18.5 Å². The Morgan fingerprint density at radius 2 is 1.77 bits per heavy atom. The van der Waals surface area contributed by atoms with Gasteiger partial charge in [0.15, 0.2) is 0 Å². The first-order valence-electron chi connectivity index (χ1n) is 5.38. The standard InChI is InChI=1S/C11H20ClN/c12-9-5-6-10-13-11-7-3-1-2-4-8-11/h5-6,11,13H,1-4,7-10H2/b6-5+. The number of hydrogen-bond acceptors (Lipinski definition) is 1. The maximum Gasteiger partial charge on any atom is 0.0404 e. The molecule has 2 heteroatoms. The summed E-state index contributed by atoms with van der Waals surface area (Å²) < 4.78 is 0. The van der Waals surface area contributed by atoms with Crippen molar-refractivity contribution < 1.29 is 0 Å². The van der Waals surface area contributed by atoms with Crippen molar-refractivity contribution in [2.75, 3.05) is 12.4 Å². The van der Waals surface area contributed by atoms with Crippen LogP contribution in [0.2, 0.25) is 0 Å². The fraction of sp³-hybridized carbons (Fsp3) is 0.818. The predicted octanol–water partition coefficient (Wildman–Crippen LogP) is 3.09. The Bertz CT molecular complexity index is 137. The molecule has 76 valence electrons. The monoisotopic (exact) mass is 201 g/mol. The van der Waals surface area contributed by atoms with Crippen molar-refractivity contribution in [3.8, 4) is 0 Å². The molecule has 0 spiro atoms. The lowest BCUT2D eigenvalue weighted by Gasteiger charge is -2.14. The van der Waals surface area contributed by atoms with E-state index in [1.54, 1.807) is 0 Å². The van der Waals surface area contributed by atoms with Gasteiger partial charge in [0.05, 0.1) is 0 Å². The first-order valence-corrected chi connectivity index (χ1v) is 5.91. The molecule has 0 saturated heterocycles. The maximum atomic E-state index is 5.53. The SMILES string of the molecule is ClC/C=C/CNC1CCCCCC1. The molecule has 1 rings (SSSR count). The minimum Gasteiger partial charge on any atom is -0.311 e. The highest BCUT2D eigenvalue weighted by Crippen LogP contribution is 2.16. The lowest BCUT2D eigenvalue weighted by Crippen LogP contribution is -2.28. The number of rotatable bonds is 4. The zero-order valence-electron chi connectivity index (χ0n) is 8.27. The quantitative estimate of drug-likeness (QED) is 0.419. The Balaban J connectivity index is 2.08. The average molecular weight is 202 g/mol. The molecule has 1 saturated carbocycles. The largest absolute Gasteiger partial charge is 0.311 e. The van der Waals surface area contributed by atoms with Crippen LogP contribution < -0.4 is 5.32 Å². The van der Waals surface area contributed by atoms with Crippen LogP contribution in [0.3, 0.4) is 0 Å². The third-order valence-electron chi connectivity index (χ3n) is 2.64. The molecule has 1 fully saturated rings. The molecule has 0 amide bonds. The van der Waals surface area contributed by atoms with Crippen LogP contribution in [0, 0.1) is 0 Å². The van der Waals surface area contributed by atoms with Crippen LogP contribution >= 0.6 is 11.6 Å². The highest BCUT2D eigenvalue weighted by molar-refractivity contribution is 6.18. The molecular weight excluding hydrogens is 182 g/mol. The van der Waals surface area contributed by atoms with Gasteiger partial charge in [-0.3, -0.25) is 0 Å². The molecule has 1 aliphatic rings.